The van der Waals surface area contributed by atoms with Crippen molar-refractivity contribution >= 4 is 82.8 Å². The van der Waals surface area contributed by atoms with Crippen LogP contribution in [0, 0.1) is 17.3 Å². The summed E-state index contributed by atoms with van der Waals surface area (Å²) in [4.78, 5) is 140. The number of unbranched alkanes of at least 4 members (excludes halogenated alkanes) is 2. The number of methoxy groups -OCH3 is 1. The van der Waals surface area contributed by atoms with E-state index >= 15 is 0 Å². The van der Waals surface area contributed by atoms with Crippen LogP contribution in [0.4, 0.5) is 20.1 Å². The number of rotatable bonds is 36. The zero-order valence-corrected chi connectivity index (χ0v) is 53.1. The molecule has 0 saturated carbocycles. The number of amides is 11. The molecule has 25 nitrogen and oxygen atoms in total. The number of nitrogens with one attached hydrogen (secondary N) is 8. The average Bonchev–Trinajstić information content (AvgIpc) is 4.00. The second-order valence-corrected chi connectivity index (χ2v) is 23.3. The topological polar surface area (TPSA) is 350 Å². The number of allylic oxidation sites excluding steroid dienone is 5. The Hall–Kier alpha value is -8.74. The molecule has 10 N–H and O–H groups in total. The van der Waals surface area contributed by atoms with Gasteiger partial charge in [0, 0.05) is 86.7 Å². The number of hydrogen-bond donors (Lipinski definition) is 9. The van der Waals surface area contributed by atoms with Crippen LogP contribution < -0.4 is 48.3 Å². The number of alkyl carbamates (subject to hydrolysis) is 2. The van der Waals surface area contributed by atoms with Crippen molar-refractivity contribution in [2.24, 2.45) is 23.0 Å². The summed E-state index contributed by atoms with van der Waals surface area (Å²) in [6.07, 6.45) is 18.1. The van der Waals surface area contributed by atoms with E-state index in [1.807, 2.05) is 46.8 Å². The molecule has 1 aromatic carbocycles. The van der Waals surface area contributed by atoms with Gasteiger partial charge in [0.2, 0.25) is 29.5 Å². The standard InChI is InChI=1S/C63H89ClN10O15/c1-40(2)54(72-50(75)21-11-10-14-37-74-52(77)31-32-53(74)78)57(80)71-47(20-16-34-67-60(65)83)56(79)70-45-26-24-44(25-27-45)39-87-61(84)68-35-17-36-69-62(85)88-46(28-23-43(5)64)19-15-33-66-58(81)55(63(6,7)8)73-51(76)22-13-12-18-41(3)38-42(4)48-29-30-49(86-9)59(82)89-48/h12-13,15,18,22-27,30-33,38,40,42,46-48,54-55H,10-11,14,16-17,19-21,28-29,34-37,39H2,1-9H3,(H,66,81)(H,68,84)(H,69,85)(H,70,79)(H,71,80)(H,72,75)(H,73,76)(H3,65,67,83)/b18-12-,22-13-,33-15-,41-38+,43-23+/t42-,46+,47-,48-,54-,55+/m0/s1. The molecule has 26 heteroatoms. The van der Waals surface area contributed by atoms with Crippen molar-refractivity contribution in [3.05, 3.63) is 113 Å². The molecule has 1 aromatic rings. The van der Waals surface area contributed by atoms with Crippen molar-refractivity contribution in [1.29, 1.82) is 0 Å². The van der Waals surface area contributed by atoms with Crippen molar-refractivity contribution in [3.8, 4) is 0 Å². The minimum absolute atomic E-state index is 0.0685. The molecule has 0 radical (unpaired) electrons. The first-order chi connectivity index (χ1) is 42.2. The molecule has 2 aliphatic heterocycles. The summed E-state index contributed by atoms with van der Waals surface area (Å²) in [6.45, 7) is 15.0. The van der Waals surface area contributed by atoms with Crippen LogP contribution in [-0.4, -0.2) is 134 Å². The first-order valence-corrected chi connectivity index (χ1v) is 30.0. The van der Waals surface area contributed by atoms with E-state index in [1.165, 1.54) is 31.5 Å². The summed E-state index contributed by atoms with van der Waals surface area (Å²) in [5.74, 6) is -3.95. The van der Waals surface area contributed by atoms with Crippen LogP contribution in [-0.2, 0) is 63.9 Å². The first-order valence-electron chi connectivity index (χ1n) is 29.6. The number of cyclic esters (lactones) is 1. The van der Waals surface area contributed by atoms with Crippen LogP contribution in [0.2, 0.25) is 0 Å². The number of benzene rings is 1. The molecule has 2 heterocycles. The van der Waals surface area contributed by atoms with E-state index in [0.29, 0.717) is 48.4 Å². The number of anilines is 1. The molecule has 0 saturated heterocycles. The molecule has 11 amide bonds. The van der Waals surface area contributed by atoms with Crippen molar-refractivity contribution in [2.75, 3.05) is 38.6 Å². The lowest BCUT2D eigenvalue weighted by Crippen LogP contribution is -2.54. The molecule has 89 heavy (non-hydrogen) atoms. The fourth-order valence-electron chi connectivity index (χ4n) is 8.75. The van der Waals surface area contributed by atoms with E-state index in [4.69, 9.17) is 36.3 Å². The van der Waals surface area contributed by atoms with Gasteiger partial charge >= 0.3 is 24.2 Å². The number of urea groups is 1. The molecule has 0 bridgehead atoms. The number of nitrogens with zero attached hydrogens (tertiary/aromatic N) is 1. The van der Waals surface area contributed by atoms with Gasteiger partial charge in [0.1, 0.15) is 36.9 Å². The van der Waals surface area contributed by atoms with Crippen LogP contribution in [0.25, 0.3) is 0 Å². The Morgan fingerprint density at radius 1 is 0.798 bits per heavy atom. The zero-order valence-electron chi connectivity index (χ0n) is 52.3. The Labute approximate surface area is 525 Å². The van der Waals surface area contributed by atoms with Gasteiger partial charge in [0.05, 0.1) is 7.11 Å². The normalized spacial score (nSPS) is 16.2. The number of esters is 1. The summed E-state index contributed by atoms with van der Waals surface area (Å²) in [5.41, 5.74) is 6.38. The van der Waals surface area contributed by atoms with E-state index in [-0.39, 0.29) is 106 Å². The molecule has 488 valence electrons. The van der Waals surface area contributed by atoms with E-state index in [0.717, 1.165) is 10.5 Å². The van der Waals surface area contributed by atoms with E-state index in [2.05, 4.69) is 42.5 Å². The highest BCUT2D eigenvalue weighted by atomic mass is 35.5. The fraction of sp³-hybridized carbons (Fsp3) is 0.508. The lowest BCUT2D eigenvalue weighted by Gasteiger charge is -2.29. The zero-order chi connectivity index (χ0) is 66.1. The Kier molecular flexibility index (Phi) is 32.8. The Bertz CT molecular complexity index is 2820. The maximum Gasteiger partial charge on any atom is 0.407 e. The number of hydrogen-bond acceptors (Lipinski definition) is 15. The fourth-order valence-corrected chi connectivity index (χ4v) is 8.84. The molecule has 6 atom stereocenters. The summed E-state index contributed by atoms with van der Waals surface area (Å²) in [7, 11) is 1.42. The third kappa shape index (κ3) is 29.7. The lowest BCUT2D eigenvalue weighted by atomic mass is 9.86. The molecule has 2 aliphatic rings. The second kappa shape index (κ2) is 39.2. The van der Waals surface area contributed by atoms with Gasteiger partial charge in [0.25, 0.3) is 11.8 Å². The maximum atomic E-state index is 13.6. The van der Waals surface area contributed by atoms with Crippen molar-refractivity contribution in [3.63, 3.8) is 0 Å². The predicted molar refractivity (Wildman–Crippen MR) is 334 cm³/mol. The van der Waals surface area contributed by atoms with Crippen molar-refractivity contribution in [1.82, 2.24) is 42.1 Å². The number of halogens is 1. The molecule has 0 aromatic heterocycles. The smallest absolute Gasteiger partial charge is 0.407 e. The van der Waals surface area contributed by atoms with Crippen LogP contribution in [0.3, 0.4) is 0 Å². The quantitative estimate of drug-likeness (QED) is 0.00862. The second-order valence-electron chi connectivity index (χ2n) is 22.7. The van der Waals surface area contributed by atoms with E-state index < -0.39 is 77.5 Å². The largest absolute Gasteiger partial charge is 0.490 e. The third-order valence-electron chi connectivity index (χ3n) is 13.7. The van der Waals surface area contributed by atoms with Gasteiger partial charge in [-0.3, -0.25) is 38.5 Å². The van der Waals surface area contributed by atoms with Crippen molar-refractivity contribution < 1.29 is 71.7 Å². The maximum absolute atomic E-state index is 13.6. The van der Waals surface area contributed by atoms with E-state index in [9.17, 15) is 52.7 Å². The number of ether oxygens (including phenoxy) is 4. The summed E-state index contributed by atoms with van der Waals surface area (Å²) in [6, 6.07) is 2.71. The van der Waals surface area contributed by atoms with Crippen LogP contribution >= 0.6 is 11.6 Å². The Morgan fingerprint density at radius 3 is 2.09 bits per heavy atom. The highest BCUT2D eigenvalue weighted by molar-refractivity contribution is 6.29. The highest BCUT2D eigenvalue weighted by Gasteiger charge is 2.33. The van der Waals surface area contributed by atoms with Crippen LogP contribution in [0.5, 0.6) is 0 Å². The Morgan fingerprint density at radius 2 is 1.46 bits per heavy atom. The van der Waals surface area contributed by atoms with Crippen LogP contribution in [0.15, 0.2) is 108 Å². The van der Waals surface area contributed by atoms with Gasteiger partial charge in [-0.1, -0.05) is 114 Å². The first kappa shape index (κ1) is 74.5. The predicted octanol–water partition coefficient (Wildman–Crippen LogP) is 6.52. The SMILES string of the molecule is COC1=CC[C@@H]([C@@H](C)/C=C(C)/C=C\C=C/C(=O)N[C@H](C(=O)N/C=C\C[C@H](C/C=C(\C)Cl)OC(=O)NCCCNC(=O)OCc2ccc(NC(=O)[C@H](CCCNC(N)=O)NC(=O)[C@@H](NC(=O)CCCCCN3C(=O)C=CC3=O)C(C)C)cc2)C(C)(C)C)OC1=O. The monoisotopic (exact) mass is 1260 g/mol. The van der Waals surface area contributed by atoms with Gasteiger partial charge in [0.15, 0.2) is 5.76 Å². The molecular formula is C63H89ClN10O15. The average molecular weight is 1260 g/mol. The number of carbonyl (C=O) groups excluding carboxylic acids is 11. The number of imide groups is 1. The van der Waals surface area contributed by atoms with Gasteiger partial charge in [-0.25, -0.2) is 19.2 Å². The minimum Gasteiger partial charge on any atom is -0.490 e. The molecular weight excluding hydrogens is 1170 g/mol. The minimum atomic E-state index is -1.08. The summed E-state index contributed by atoms with van der Waals surface area (Å²) < 4.78 is 21.5. The molecule has 0 spiro atoms. The van der Waals surface area contributed by atoms with Crippen LogP contribution in [0.1, 0.15) is 125 Å². The molecule has 0 aliphatic carbocycles. The Balaban J connectivity index is 1.42. The van der Waals surface area contributed by atoms with Gasteiger partial charge in [-0.2, -0.15) is 0 Å². The van der Waals surface area contributed by atoms with Crippen molar-refractivity contribution in [2.45, 2.75) is 157 Å². The van der Waals surface area contributed by atoms with Gasteiger partial charge in [-0.05, 0) is 87.3 Å². The molecule has 0 fully saturated rings. The summed E-state index contributed by atoms with van der Waals surface area (Å²) in [5, 5.41) is 21.9. The highest BCUT2D eigenvalue weighted by Crippen LogP contribution is 2.24. The summed E-state index contributed by atoms with van der Waals surface area (Å²) >= 11 is 6.08. The number of nitrogens with two attached hydrogens (primary N) is 1. The molecule has 3 rings (SSSR count). The third-order valence-corrected chi connectivity index (χ3v) is 13.8. The number of primary amides is 1. The van der Waals surface area contributed by atoms with Gasteiger partial charge < -0.3 is 67.2 Å². The lowest BCUT2D eigenvalue weighted by molar-refractivity contribution is -0.151. The number of carbonyl (C=O) groups is 11. The molecule has 0 unspecified atom stereocenters. The van der Waals surface area contributed by atoms with Gasteiger partial charge in [-0.15, -0.1) is 0 Å². The van der Waals surface area contributed by atoms with E-state index in [1.54, 1.807) is 75.4 Å².